The summed E-state index contributed by atoms with van der Waals surface area (Å²) in [5.74, 6) is 0.788. The molecule has 1 aromatic heterocycles. The van der Waals surface area contributed by atoms with Gasteiger partial charge in [-0.05, 0) is 48.2 Å². The van der Waals surface area contributed by atoms with Gasteiger partial charge in [0.05, 0.1) is 6.26 Å². The van der Waals surface area contributed by atoms with Gasteiger partial charge in [-0.15, -0.1) is 0 Å². The van der Waals surface area contributed by atoms with Gasteiger partial charge in [-0.25, -0.2) is 0 Å². The molecule has 1 amide bonds. The lowest BCUT2D eigenvalue weighted by molar-refractivity contribution is 0.0996. The summed E-state index contributed by atoms with van der Waals surface area (Å²) in [6.45, 7) is 1.46. The Balaban J connectivity index is 1.31. The van der Waals surface area contributed by atoms with Crippen LogP contribution in [0.4, 0.5) is 5.69 Å². The fourth-order valence-corrected chi connectivity index (χ4v) is 3.53. The van der Waals surface area contributed by atoms with E-state index >= 15 is 0 Å². The Labute approximate surface area is 176 Å². The average molecular weight is 402 g/mol. The van der Waals surface area contributed by atoms with Crippen molar-refractivity contribution in [2.75, 3.05) is 18.9 Å². The van der Waals surface area contributed by atoms with Crippen LogP contribution in [0.25, 0.3) is 0 Å². The van der Waals surface area contributed by atoms with Crippen molar-refractivity contribution < 1.29 is 9.21 Å². The zero-order valence-electron chi connectivity index (χ0n) is 17.0. The summed E-state index contributed by atoms with van der Waals surface area (Å²) in [6, 6.07) is 21.7. The van der Waals surface area contributed by atoms with Crippen LogP contribution in [0.2, 0.25) is 0 Å². The van der Waals surface area contributed by atoms with Crippen molar-refractivity contribution in [2.45, 2.75) is 24.8 Å². The predicted molar refractivity (Wildman–Crippen MR) is 119 cm³/mol. The van der Waals surface area contributed by atoms with E-state index in [1.807, 2.05) is 24.3 Å². The number of carbonyl (C=O) groups is 1. The average Bonchev–Trinajstić information content (AvgIpc) is 3.37. The maximum Gasteiger partial charge on any atom is 0.291 e. The summed E-state index contributed by atoms with van der Waals surface area (Å²) in [7, 11) is 1.78. The first-order valence-electron chi connectivity index (χ1n) is 10.1. The molecule has 0 saturated heterocycles. The summed E-state index contributed by atoms with van der Waals surface area (Å²) in [4.78, 5) is 16.5. The van der Waals surface area contributed by atoms with Crippen molar-refractivity contribution in [1.29, 1.82) is 0 Å². The van der Waals surface area contributed by atoms with E-state index in [1.165, 1.54) is 24.7 Å². The number of carbonyl (C=O) groups excluding carboxylic acids is 1. The number of anilines is 1. The summed E-state index contributed by atoms with van der Waals surface area (Å²) in [6.07, 6.45) is 3.87. The largest absolute Gasteiger partial charge is 0.459 e. The Morgan fingerprint density at radius 1 is 1.03 bits per heavy atom. The normalized spacial score (nSPS) is 14.8. The molecule has 0 atom stereocenters. The summed E-state index contributed by atoms with van der Waals surface area (Å²) in [5, 5.41) is 9.67. The van der Waals surface area contributed by atoms with Gasteiger partial charge in [0, 0.05) is 31.2 Å². The van der Waals surface area contributed by atoms with Crippen molar-refractivity contribution in [2.24, 2.45) is 4.99 Å². The minimum absolute atomic E-state index is 0.217. The Bertz CT molecular complexity index is 1010. The molecule has 2 aromatic carbocycles. The molecule has 1 heterocycles. The van der Waals surface area contributed by atoms with Crippen LogP contribution in [0, 0.1) is 0 Å². The molecular weight excluding hydrogens is 376 g/mol. The number of benzene rings is 2. The van der Waals surface area contributed by atoms with Gasteiger partial charge >= 0.3 is 0 Å². The third-order valence-electron chi connectivity index (χ3n) is 5.45. The molecule has 6 heteroatoms. The molecular formula is C24H26N4O2. The Hall–Kier alpha value is -3.54. The highest BCUT2D eigenvalue weighted by Gasteiger charge is 2.43. The molecule has 154 valence electrons. The molecule has 6 nitrogen and oxygen atoms in total. The summed E-state index contributed by atoms with van der Waals surface area (Å²) >= 11 is 0. The number of amides is 1. The van der Waals surface area contributed by atoms with Gasteiger partial charge in [-0.1, -0.05) is 42.5 Å². The van der Waals surface area contributed by atoms with E-state index in [4.69, 9.17) is 4.42 Å². The number of furan rings is 1. The number of nitrogens with zero attached hydrogens (tertiary/aromatic N) is 1. The Kier molecular flexibility index (Phi) is 5.84. The first-order chi connectivity index (χ1) is 14.7. The highest BCUT2D eigenvalue weighted by atomic mass is 16.3. The smallest absolute Gasteiger partial charge is 0.291 e. The molecule has 0 radical (unpaired) electrons. The maximum absolute atomic E-state index is 12.2. The molecule has 1 aliphatic rings. The van der Waals surface area contributed by atoms with Crippen LogP contribution < -0.4 is 16.0 Å². The first-order valence-corrected chi connectivity index (χ1v) is 10.1. The quantitative estimate of drug-likeness (QED) is 0.413. The topological polar surface area (TPSA) is 78.7 Å². The number of rotatable bonds is 7. The van der Waals surface area contributed by atoms with Crippen molar-refractivity contribution in [1.82, 2.24) is 10.6 Å². The zero-order valence-corrected chi connectivity index (χ0v) is 17.0. The molecule has 0 spiro atoms. The van der Waals surface area contributed by atoms with Crippen LogP contribution in [0.3, 0.4) is 0 Å². The highest BCUT2D eigenvalue weighted by Crippen LogP contribution is 2.47. The van der Waals surface area contributed by atoms with E-state index in [9.17, 15) is 4.79 Å². The molecule has 1 fully saturated rings. The van der Waals surface area contributed by atoms with Crippen molar-refractivity contribution >= 4 is 17.6 Å². The third kappa shape index (κ3) is 4.71. The molecule has 1 aliphatic carbocycles. The molecule has 3 N–H and O–H groups in total. The van der Waals surface area contributed by atoms with Crippen molar-refractivity contribution in [3.63, 3.8) is 0 Å². The lowest BCUT2D eigenvalue weighted by Crippen LogP contribution is -2.40. The van der Waals surface area contributed by atoms with Crippen LogP contribution >= 0.6 is 0 Å². The van der Waals surface area contributed by atoms with E-state index in [2.05, 4.69) is 51.3 Å². The molecule has 1 saturated carbocycles. The molecule has 4 rings (SSSR count). The van der Waals surface area contributed by atoms with Gasteiger partial charge in [0.2, 0.25) is 0 Å². The van der Waals surface area contributed by atoms with E-state index in [0.29, 0.717) is 6.54 Å². The van der Waals surface area contributed by atoms with Crippen LogP contribution in [0.5, 0.6) is 0 Å². The van der Waals surface area contributed by atoms with Gasteiger partial charge in [0.25, 0.3) is 5.91 Å². The van der Waals surface area contributed by atoms with E-state index in [0.717, 1.165) is 23.8 Å². The van der Waals surface area contributed by atoms with Gasteiger partial charge in [-0.2, -0.15) is 0 Å². The lowest BCUT2D eigenvalue weighted by atomic mass is 9.96. The zero-order chi connectivity index (χ0) is 20.8. The minimum atomic E-state index is -0.266. The predicted octanol–water partition coefficient (Wildman–Crippen LogP) is 3.93. The minimum Gasteiger partial charge on any atom is -0.459 e. The maximum atomic E-state index is 12.2. The number of nitrogens with one attached hydrogen (secondary N) is 3. The molecule has 0 unspecified atom stereocenters. The summed E-state index contributed by atoms with van der Waals surface area (Å²) < 4.78 is 5.13. The van der Waals surface area contributed by atoms with Gasteiger partial charge in [0.1, 0.15) is 0 Å². The van der Waals surface area contributed by atoms with Crippen molar-refractivity contribution in [3.05, 3.63) is 89.9 Å². The van der Waals surface area contributed by atoms with Crippen LogP contribution in [-0.2, 0) is 12.0 Å². The lowest BCUT2D eigenvalue weighted by Gasteiger charge is -2.19. The summed E-state index contributed by atoms with van der Waals surface area (Å²) in [5.41, 5.74) is 3.36. The van der Waals surface area contributed by atoms with Gasteiger partial charge in [-0.3, -0.25) is 9.79 Å². The molecule has 30 heavy (non-hydrogen) atoms. The van der Waals surface area contributed by atoms with Gasteiger partial charge < -0.3 is 20.4 Å². The second kappa shape index (κ2) is 8.86. The third-order valence-corrected chi connectivity index (χ3v) is 5.45. The van der Waals surface area contributed by atoms with Crippen LogP contribution in [-0.4, -0.2) is 25.5 Å². The van der Waals surface area contributed by atoms with Crippen LogP contribution in [0.15, 0.2) is 82.4 Å². The monoisotopic (exact) mass is 402 g/mol. The fourth-order valence-electron chi connectivity index (χ4n) is 3.53. The molecule has 3 aromatic rings. The van der Waals surface area contributed by atoms with E-state index in [-0.39, 0.29) is 17.1 Å². The SMILES string of the molecule is CN=C(NCc1cccc(NC(=O)c2ccco2)c1)NCC1(c2ccccc2)CC1. The van der Waals surface area contributed by atoms with Crippen molar-refractivity contribution in [3.8, 4) is 0 Å². The first kappa shape index (κ1) is 19.8. The number of hydrogen-bond donors (Lipinski definition) is 3. The number of guanidine groups is 1. The Morgan fingerprint density at radius 3 is 2.57 bits per heavy atom. The standard InChI is InChI=1S/C24H26N4O2/c1-25-23(27-17-24(12-13-24)19-8-3-2-4-9-19)26-16-18-7-5-10-20(15-18)28-22(29)21-11-6-14-30-21/h2-11,14-15H,12-13,16-17H2,1H3,(H,28,29)(H2,25,26,27). The number of hydrogen-bond acceptors (Lipinski definition) is 3. The molecule has 0 bridgehead atoms. The van der Waals surface area contributed by atoms with Crippen LogP contribution in [0.1, 0.15) is 34.5 Å². The highest BCUT2D eigenvalue weighted by molar-refractivity contribution is 6.02. The fraction of sp³-hybridized carbons (Fsp3) is 0.250. The Morgan fingerprint density at radius 2 is 1.87 bits per heavy atom. The van der Waals surface area contributed by atoms with E-state index < -0.39 is 0 Å². The van der Waals surface area contributed by atoms with E-state index in [1.54, 1.807) is 19.2 Å². The molecule has 0 aliphatic heterocycles. The number of aliphatic imine (C=N–C) groups is 1. The second-order valence-corrected chi connectivity index (χ2v) is 7.56. The van der Waals surface area contributed by atoms with Gasteiger partial charge in [0.15, 0.2) is 11.7 Å². The second-order valence-electron chi connectivity index (χ2n) is 7.56.